The first-order valence-electron chi connectivity index (χ1n) is 11.3. The maximum atomic E-state index is 13.6. The van der Waals surface area contributed by atoms with Gasteiger partial charge in [-0.3, -0.25) is 4.79 Å². The van der Waals surface area contributed by atoms with E-state index < -0.39 is 0 Å². The van der Waals surface area contributed by atoms with E-state index in [4.69, 9.17) is 9.47 Å². The molecular formula is C29H23N3O3S. The van der Waals surface area contributed by atoms with E-state index in [9.17, 15) is 4.79 Å². The fourth-order valence-corrected chi connectivity index (χ4v) is 4.62. The summed E-state index contributed by atoms with van der Waals surface area (Å²) in [5.74, 6) is 1.21. The highest BCUT2D eigenvalue weighted by Crippen LogP contribution is 2.32. The van der Waals surface area contributed by atoms with Gasteiger partial charge in [0.15, 0.2) is 0 Å². The molecule has 178 valence electrons. The number of carbonyl (C=O) groups is 1. The second-order valence-electron chi connectivity index (χ2n) is 7.91. The van der Waals surface area contributed by atoms with Crippen molar-refractivity contribution in [3.8, 4) is 22.6 Å². The van der Waals surface area contributed by atoms with Crippen LogP contribution in [0.15, 0.2) is 102 Å². The van der Waals surface area contributed by atoms with Gasteiger partial charge in [-0.1, -0.05) is 53.8 Å². The molecule has 7 heteroatoms. The van der Waals surface area contributed by atoms with Gasteiger partial charge in [-0.25, -0.2) is 4.98 Å². The number of hydrogen-bond donors (Lipinski definition) is 0. The molecule has 0 atom stereocenters. The molecule has 36 heavy (non-hydrogen) atoms. The molecule has 5 aromatic rings. The monoisotopic (exact) mass is 493 g/mol. The lowest BCUT2D eigenvalue weighted by atomic mass is 10.0. The van der Waals surface area contributed by atoms with Crippen molar-refractivity contribution >= 4 is 38.8 Å². The van der Waals surface area contributed by atoms with E-state index in [0.717, 1.165) is 38.4 Å². The minimum Gasteiger partial charge on any atom is -0.497 e. The van der Waals surface area contributed by atoms with Crippen LogP contribution in [0.2, 0.25) is 0 Å². The van der Waals surface area contributed by atoms with Crippen LogP contribution in [-0.2, 0) is 0 Å². The van der Waals surface area contributed by atoms with Crippen molar-refractivity contribution in [3.63, 3.8) is 0 Å². The molecule has 6 nitrogen and oxygen atoms in total. The van der Waals surface area contributed by atoms with Crippen LogP contribution in [0, 0.1) is 0 Å². The number of hydrazone groups is 1. The number of carbonyl (C=O) groups excluding carboxylic acids is 1. The van der Waals surface area contributed by atoms with Gasteiger partial charge in [0.05, 0.1) is 30.7 Å². The standard InChI is InChI=1S/C29H23N3O3S/c1-34-24-14-8-20(9-15-24)19-30-32(29-31-26-17-16-25(35-2)18-27(26)36-29)28(33)23-12-10-22(11-13-23)21-6-4-3-5-7-21/h3-19H,1-2H3/b30-19+. The molecule has 0 aliphatic heterocycles. The van der Waals surface area contributed by atoms with E-state index in [1.165, 1.54) is 16.3 Å². The normalized spacial score (nSPS) is 11.1. The van der Waals surface area contributed by atoms with E-state index in [1.54, 1.807) is 20.4 Å². The molecule has 1 aromatic heterocycles. The van der Waals surface area contributed by atoms with Gasteiger partial charge >= 0.3 is 0 Å². The molecule has 4 aromatic carbocycles. The Bertz CT molecular complexity index is 1510. The van der Waals surface area contributed by atoms with E-state index in [0.29, 0.717) is 10.7 Å². The van der Waals surface area contributed by atoms with Crippen molar-refractivity contribution in [1.82, 2.24) is 4.98 Å². The summed E-state index contributed by atoms with van der Waals surface area (Å²) in [5, 5.41) is 6.37. The third-order valence-electron chi connectivity index (χ3n) is 5.63. The topological polar surface area (TPSA) is 64.0 Å². The summed E-state index contributed by atoms with van der Waals surface area (Å²) in [7, 11) is 3.24. The van der Waals surface area contributed by atoms with Gasteiger partial charge in [-0.05, 0) is 71.3 Å². The van der Waals surface area contributed by atoms with Gasteiger partial charge in [-0.2, -0.15) is 10.1 Å². The van der Waals surface area contributed by atoms with Crippen molar-refractivity contribution in [3.05, 3.63) is 108 Å². The quantitative estimate of drug-likeness (QED) is 0.188. The van der Waals surface area contributed by atoms with Crippen LogP contribution in [0.5, 0.6) is 11.5 Å². The second-order valence-corrected chi connectivity index (χ2v) is 8.92. The number of benzene rings is 4. The average molecular weight is 494 g/mol. The first-order valence-corrected chi connectivity index (χ1v) is 12.1. The maximum Gasteiger partial charge on any atom is 0.280 e. The van der Waals surface area contributed by atoms with E-state index in [1.807, 2.05) is 97.1 Å². The summed E-state index contributed by atoms with van der Waals surface area (Å²) in [6.07, 6.45) is 1.64. The smallest absolute Gasteiger partial charge is 0.280 e. The number of aromatic nitrogens is 1. The predicted molar refractivity (Wildman–Crippen MR) is 145 cm³/mol. The molecule has 0 unspecified atom stereocenters. The van der Waals surface area contributed by atoms with Crippen LogP contribution in [-0.4, -0.2) is 31.3 Å². The lowest BCUT2D eigenvalue weighted by molar-refractivity contribution is 0.0988. The summed E-state index contributed by atoms with van der Waals surface area (Å²) in [4.78, 5) is 18.3. The van der Waals surface area contributed by atoms with Gasteiger partial charge in [0.2, 0.25) is 5.13 Å². The number of amides is 1. The number of rotatable bonds is 7. The molecular weight excluding hydrogens is 470 g/mol. The van der Waals surface area contributed by atoms with Crippen molar-refractivity contribution < 1.29 is 14.3 Å². The Labute approximate surface area is 213 Å². The molecule has 0 saturated heterocycles. The zero-order valence-corrected chi connectivity index (χ0v) is 20.6. The van der Waals surface area contributed by atoms with Gasteiger partial charge in [0.1, 0.15) is 11.5 Å². The number of anilines is 1. The summed E-state index contributed by atoms with van der Waals surface area (Å²) in [5.41, 5.74) is 4.24. The first kappa shape index (κ1) is 23.3. The minimum absolute atomic E-state index is 0.273. The van der Waals surface area contributed by atoms with Crippen LogP contribution >= 0.6 is 11.3 Å². The summed E-state index contributed by atoms with van der Waals surface area (Å²) < 4.78 is 11.5. The zero-order chi connectivity index (χ0) is 24.9. The number of hydrogen-bond acceptors (Lipinski definition) is 6. The van der Waals surface area contributed by atoms with Crippen LogP contribution < -0.4 is 14.5 Å². The van der Waals surface area contributed by atoms with Gasteiger partial charge < -0.3 is 9.47 Å². The van der Waals surface area contributed by atoms with Gasteiger partial charge in [-0.15, -0.1) is 0 Å². The second kappa shape index (κ2) is 10.4. The Kier molecular flexibility index (Phi) is 6.73. The molecule has 0 bridgehead atoms. The Hall–Kier alpha value is -4.49. The molecule has 0 spiro atoms. The molecule has 1 heterocycles. The maximum absolute atomic E-state index is 13.6. The highest BCUT2D eigenvalue weighted by Gasteiger charge is 2.21. The number of methoxy groups -OCH3 is 2. The van der Waals surface area contributed by atoms with Crippen molar-refractivity contribution in [2.24, 2.45) is 5.10 Å². The molecule has 0 saturated carbocycles. The molecule has 1 amide bonds. The lowest BCUT2D eigenvalue weighted by Crippen LogP contribution is -2.25. The number of ether oxygens (including phenoxy) is 2. The molecule has 0 N–H and O–H groups in total. The predicted octanol–water partition coefficient (Wildman–Crippen LogP) is 6.66. The highest BCUT2D eigenvalue weighted by molar-refractivity contribution is 7.22. The summed E-state index contributed by atoms with van der Waals surface area (Å²) >= 11 is 1.38. The SMILES string of the molecule is COc1ccc(/C=N/N(C(=O)c2ccc(-c3ccccc3)cc2)c2nc3ccc(OC)cc3s2)cc1. The van der Waals surface area contributed by atoms with E-state index in [-0.39, 0.29) is 5.91 Å². The van der Waals surface area contributed by atoms with Crippen LogP contribution in [0.1, 0.15) is 15.9 Å². The van der Waals surface area contributed by atoms with E-state index in [2.05, 4.69) is 10.1 Å². The van der Waals surface area contributed by atoms with Crippen molar-refractivity contribution in [2.75, 3.05) is 19.2 Å². The Morgan fingerprint density at radius 1 is 0.833 bits per heavy atom. The fourth-order valence-electron chi connectivity index (χ4n) is 3.67. The third-order valence-corrected chi connectivity index (χ3v) is 6.63. The Morgan fingerprint density at radius 2 is 1.50 bits per heavy atom. The first-order chi connectivity index (χ1) is 17.6. The lowest BCUT2D eigenvalue weighted by Gasteiger charge is -2.14. The van der Waals surface area contributed by atoms with Crippen LogP contribution in [0.25, 0.3) is 21.3 Å². The average Bonchev–Trinajstić information content (AvgIpc) is 3.37. The van der Waals surface area contributed by atoms with Crippen LogP contribution in [0.4, 0.5) is 5.13 Å². The zero-order valence-electron chi connectivity index (χ0n) is 19.8. The largest absolute Gasteiger partial charge is 0.497 e. The van der Waals surface area contributed by atoms with Crippen LogP contribution in [0.3, 0.4) is 0 Å². The molecule has 5 rings (SSSR count). The van der Waals surface area contributed by atoms with Gasteiger partial charge in [0.25, 0.3) is 5.91 Å². The fraction of sp³-hybridized carbons (Fsp3) is 0.0690. The summed E-state index contributed by atoms with van der Waals surface area (Å²) in [6, 6.07) is 30.6. The minimum atomic E-state index is -0.273. The molecule has 0 aliphatic carbocycles. The third kappa shape index (κ3) is 4.96. The molecule has 0 fully saturated rings. The number of fused-ring (bicyclic) bond motifs is 1. The van der Waals surface area contributed by atoms with Gasteiger partial charge in [0, 0.05) is 5.56 Å². The Balaban J connectivity index is 1.50. The number of nitrogens with zero attached hydrogens (tertiary/aromatic N) is 3. The molecule has 0 aliphatic rings. The van der Waals surface area contributed by atoms with E-state index >= 15 is 0 Å². The Morgan fingerprint density at radius 3 is 2.19 bits per heavy atom. The highest BCUT2D eigenvalue weighted by atomic mass is 32.1. The van der Waals surface area contributed by atoms with Crippen molar-refractivity contribution in [2.45, 2.75) is 0 Å². The molecule has 0 radical (unpaired) electrons. The summed E-state index contributed by atoms with van der Waals surface area (Å²) in [6.45, 7) is 0. The van der Waals surface area contributed by atoms with Crippen molar-refractivity contribution in [1.29, 1.82) is 0 Å². The number of thiazole rings is 1.